The Labute approximate surface area is 181 Å². The Morgan fingerprint density at radius 3 is 2.65 bits per heavy atom. The van der Waals surface area contributed by atoms with Crippen LogP contribution in [0, 0.1) is 5.92 Å². The number of hydrogen-bond acceptors (Lipinski definition) is 5. The molecule has 1 spiro atoms. The molecule has 31 heavy (non-hydrogen) atoms. The fourth-order valence-electron chi connectivity index (χ4n) is 4.97. The van der Waals surface area contributed by atoms with Crippen LogP contribution in [0.5, 0.6) is 5.75 Å². The van der Waals surface area contributed by atoms with Crippen LogP contribution in [0.25, 0.3) is 11.1 Å². The van der Waals surface area contributed by atoms with Gasteiger partial charge in [-0.05, 0) is 60.7 Å². The summed E-state index contributed by atoms with van der Waals surface area (Å²) in [4.78, 5) is 4.62. The van der Waals surface area contributed by atoms with E-state index in [1.54, 1.807) is 18.2 Å². The Balaban J connectivity index is 1.65. The molecule has 0 saturated heterocycles. The molecule has 0 amide bonds. The highest BCUT2D eigenvalue weighted by Gasteiger charge is 2.55. The minimum atomic E-state index is -4.51. The molecule has 0 radical (unpaired) electrons. The zero-order valence-corrected chi connectivity index (χ0v) is 17.1. The van der Waals surface area contributed by atoms with Crippen molar-refractivity contribution in [2.45, 2.75) is 43.2 Å². The summed E-state index contributed by atoms with van der Waals surface area (Å²) >= 11 is 5.99. The van der Waals surface area contributed by atoms with Gasteiger partial charge in [-0.15, -0.1) is 0 Å². The molecule has 3 N–H and O–H groups in total. The van der Waals surface area contributed by atoms with Crippen molar-refractivity contribution in [1.82, 2.24) is 0 Å². The van der Waals surface area contributed by atoms with Crippen LogP contribution in [-0.4, -0.2) is 29.9 Å². The van der Waals surface area contributed by atoms with Crippen LogP contribution in [0.1, 0.15) is 30.4 Å². The predicted molar refractivity (Wildman–Crippen MR) is 109 cm³/mol. The van der Waals surface area contributed by atoms with Gasteiger partial charge in [0.1, 0.15) is 24.0 Å². The number of aliphatic hydroxyl groups excluding tert-OH is 1. The summed E-state index contributed by atoms with van der Waals surface area (Å²) in [5.74, 6) is 0.437. The van der Waals surface area contributed by atoms with Crippen molar-refractivity contribution in [3.63, 3.8) is 0 Å². The molecular weight excluding hydrogens is 433 g/mol. The van der Waals surface area contributed by atoms with Gasteiger partial charge in [-0.3, -0.25) is 0 Å². The highest BCUT2D eigenvalue weighted by molar-refractivity contribution is 6.31. The van der Waals surface area contributed by atoms with E-state index in [9.17, 15) is 18.3 Å². The maximum absolute atomic E-state index is 13.3. The van der Waals surface area contributed by atoms with Gasteiger partial charge in [-0.25, -0.2) is 4.99 Å². The van der Waals surface area contributed by atoms with E-state index in [4.69, 9.17) is 26.8 Å². The van der Waals surface area contributed by atoms with Gasteiger partial charge in [0.05, 0.1) is 11.7 Å². The number of halogens is 4. The third-order valence-electron chi connectivity index (χ3n) is 6.41. The zero-order valence-electron chi connectivity index (χ0n) is 16.3. The number of hydrogen-bond donors (Lipinski definition) is 2. The highest BCUT2D eigenvalue weighted by atomic mass is 35.5. The van der Waals surface area contributed by atoms with Crippen molar-refractivity contribution < 1.29 is 27.8 Å². The van der Waals surface area contributed by atoms with E-state index in [1.165, 1.54) is 6.07 Å². The van der Waals surface area contributed by atoms with Crippen LogP contribution in [0.3, 0.4) is 0 Å². The summed E-state index contributed by atoms with van der Waals surface area (Å²) in [5, 5.41) is 10.3. The first-order chi connectivity index (χ1) is 14.7. The number of nitrogens with zero attached hydrogens (tertiary/aromatic N) is 1. The smallest absolute Gasteiger partial charge is 0.416 e. The van der Waals surface area contributed by atoms with Gasteiger partial charge >= 0.3 is 6.18 Å². The van der Waals surface area contributed by atoms with Gasteiger partial charge < -0.3 is 20.3 Å². The van der Waals surface area contributed by atoms with Crippen molar-refractivity contribution in [2.75, 3.05) is 6.61 Å². The first-order valence-electron chi connectivity index (χ1n) is 10.0. The van der Waals surface area contributed by atoms with Gasteiger partial charge in [0.25, 0.3) is 6.02 Å². The highest BCUT2D eigenvalue weighted by Crippen LogP contribution is 2.53. The second-order valence-electron chi connectivity index (χ2n) is 8.33. The maximum Gasteiger partial charge on any atom is 0.416 e. The van der Waals surface area contributed by atoms with Gasteiger partial charge in [-0.1, -0.05) is 17.7 Å². The number of aliphatic imine (C=N–C) groups is 1. The normalized spacial score (nSPS) is 29.6. The van der Waals surface area contributed by atoms with E-state index >= 15 is 0 Å². The van der Waals surface area contributed by atoms with E-state index in [1.807, 2.05) is 0 Å². The number of rotatable bonds is 1. The SMILES string of the molecule is NC1=NC2(CO1)c1cc(-c3cc(Cl)cc(C(F)(F)F)c3)ccc1OC1CCC(O)CC12. The molecule has 3 aliphatic rings. The van der Waals surface area contributed by atoms with Gasteiger partial charge in [-0.2, -0.15) is 13.2 Å². The molecule has 2 aromatic carbocycles. The molecule has 2 aliphatic heterocycles. The van der Waals surface area contributed by atoms with Crippen molar-refractivity contribution in [2.24, 2.45) is 16.6 Å². The standard InChI is InChI=1S/C22H20ClF3N2O3/c23-14-6-12(5-13(8-14)22(24,25)26)11-1-3-18-16(7-11)21(10-30-20(27)28-21)17-9-15(29)2-4-19(17)31-18/h1,3,5-8,15,17,19,29H,2,4,9-10H2,(H2,27,28). The molecule has 1 aliphatic carbocycles. The van der Waals surface area contributed by atoms with E-state index in [-0.39, 0.29) is 29.7 Å². The summed E-state index contributed by atoms with van der Waals surface area (Å²) in [6, 6.07) is 8.73. The average Bonchev–Trinajstić information content (AvgIpc) is 3.10. The molecule has 2 aromatic rings. The van der Waals surface area contributed by atoms with Crippen LogP contribution >= 0.6 is 11.6 Å². The van der Waals surface area contributed by atoms with Gasteiger partial charge in [0.15, 0.2) is 0 Å². The third kappa shape index (κ3) is 3.42. The molecule has 164 valence electrons. The first-order valence-corrected chi connectivity index (χ1v) is 10.4. The second-order valence-corrected chi connectivity index (χ2v) is 8.77. The topological polar surface area (TPSA) is 77.1 Å². The Kier molecular flexibility index (Phi) is 4.64. The van der Waals surface area contributed by atoms with E-state index in [0.717, 1.165) is 12.1 Å². The van der Waals surface area contributed by atoms with E-state index in [2.05, 4.69) is 4.99 Å². The summed E-state index contributed by atoms with van der Waals surface area (Å²) < 4.78 is 51.6. The van der Waals surface area contributed by atoms with Gasteiger partial charge in [0.2, 0.25) is 0 Å². The van der Waals surface area contributed by atoms with Crippen molar-refractivity contribution in [1.29, 1.82) is 0 Å². The third-order valence-corrected chi connectivity index (χ3v) is 6.62. The minimum Gasteiger partial charge on any atom is -0.490 e. The van der Waals surface area contributed by atoms with Crippen molar-refractivity contribution >= 4 is 17.6 Å². The summed E-state index contributed by atoms with van der Waals surface area (Å²) in [5.41, 5.74) is 5.77. The lowest BCUT2D eigenvalue weighted by Gasteiger charge is -2.47. The molecule has 5 rings (SSSR count). The summed E-state index contributed by atoms with van der Waals surface area (Å²) in [6.45, 7) is 0.190. The zero-order chi connectivity index (χ0) is 22.0. The Bertz CT molecular complexity index is 1070. The lowest BCUT2D eigenvalue weighted by Crippen LogP contribution is -2.51. The predicted octanol–water partition coefficient (Wildman–Crippen LogP) is 4.49. The lowest BCUT2D eigenvalue weighted by molar-refractivity contribution is -0.137. The quantitative estimate of drug-likeness (QED) is 0.668. The fraction of sp³-hybridized carbons (Fsp3) is 0.409. The van der Waals surface area contributed by atoms with Gasteiger partial charge in [0, 0.05) is 16.5 Å². The number of fused-ring (bicyclic) bond motifs is 4. The Hall–Kier alpha value is -2.45. The number of amidine groups is 1. The maximum atomic E-state index is 13.3. The van der Waals surface area contributed by atoms with E-state index < -0.39 is 23.4 Å². The summed E-state index contributed by atoms with van der Waals surface area (Å²) in [7, 11) is 0. The lowest BCUT2D eigenvalue weighted by atomic mass is 9.67. The number of ether oxygens (including phenoxy) is 2. The fourth-order valence-corrected chi connectivity index (χ4v) is 5.21. The molecule has 4 atom stereocenters. The molecular formula is C22H20ClF3N2O3. The van der Waals surface area contributed by atoms with Crippen LogP contribution in [-0.2, 0) is 16.5 Å². The van der Waals surface area contributed by atoms with Crippen LogP contribution < -0.4 is 10.5 Å². The first kappa shape index (κ1) is 20.5. The number of aliphatic hydroxyl groups is 1. The Morgan fingerprint density at radius 1 is 1.13 bits per heavy atom. The van der Waals surface area contributed by atoms with Crippen molar-refractivity contribution in [3.8, 4) is 16.9 Å². The second kappa shape index (κ2) is 7.03. The molecule has 5 nitrogen and oxygen atoms in total. The molecule has 2 heterocycles. The molecule has 0 bridgehead atoms. The van der Waals surface area contributed by atoms with Crippen LogP contribution in [0.4, 0.5) is 13.2 Å². The number of alkyl halides is 3. The molecule has 0 aromatic heterocycles. The summed E-state index contributed by atoms with van der Waals surface area (Å²) in [6.07, 6.45) is -3.36. The molecule has 1 saturated carbocycles. The number of nitrogens with two attached hydrogens (primary N) is 1. The molecule has 4 unspecified atom stereocenters. The van der Waals surface area contributed by atoms with E-state index in [0.29, 0.717) is 41.7 Å². The van der Waals surface area contributed by atoms with Crippen LogP contribution in [0.15, 0.2) is 41.4 Å². The van der Waals surface area contributed by atoms with Crippen molar-refractivity contribution in [3.05, 3.63) is 52.5 Å². The monoisotopic (exact) mass is 452 g/mol. The largest absolute Gasteiger partial charge is 0.490 e. The Morgan fingerprint density at radius 2 is 1.94 bits per heavy atom. The molecule has 1 fully saturated rings. The number of benzene rings is 2. The minimum absolute atomic E-state index is 0.00422. The average molecular weight is 453 g/mol. The molecule has 9 heteroatoms. The van der Waals surface area contributed by atoms with Crippen LogP contribution in [0.2, 0.25) is 5.02 Å².